The number of benzene rings is 2. The van der Waals surface area contributed by atoms with E-state index >= 15 is 4.39 Å². The van der Waals surface area contributed by atoms with E-state index in [0.29, 0.717) is 18.3 Å². The largest absolute Gasteiger partial charge is 0.444 e. The molecule has 43 heavy (non-hydrogen) atoms. The Morgan fingerprint density at radius 2 is 1.81 bits per heavy atom. The average molecular weight is 619 g/mol. The SMILES string of the molecule is CC(C)C(=O)OCN1C=NN(C[C@](O)(c2ccc(F)cc2F)[C@@H](C)N2CCN(c3ccc(-n4ccnn4)cc3)C2=O)C1.Cl. The summed E-state index contributed by atoms with van der Waals surface area (Å²) in [6.45, 7) is 5.53. The predicted molar refractivity (Wildman–Crippen MR) is 155 cm³/mol. The Balaban J connectivity index is 0.00000423. The molecular weight excluding hydrogens is 586 g/mol. The summed E-state index contributed by atoms with van der Waals surface area (Å²) in [5, 5.41) is 25.6. The van der Waals surface area contributed by atoms with Crippen molar-refractivity contribution in [1.29, 1.82) is 0 Å². The Labute approximate surface area is 253 Å². The summed E-state index contributed by atoms with van der Waals surface area (Å²) in [6, 6.07) is 8.83. The van der Waals surface area contributed by atoms with Crippen LogP contribution in [-0.2, 0) is 15.1 Å². The van der Waals surface area contributed by atoms with Gasteiger partial charge >= 0.3 is 12.0 Å². The summed E-state index contributed by atoms with van der Waals surface area (Å²) >= 11 is 0. The molecule has 1 aromatic heterocycles. The molecule has 3 aromatic rings. The number of hydrogen-bond donors (Lipinski definition) is 1. The highest BCUT2D eigenvalue weighted by Crippen LogP contribution is 2.35. The molecule has 0 unspecified atom stereocenters. The molecule has 1 N–H and O–H groups in total. The van der Waals surface area contributed by atoms with Gasteiger partial charge in [-0.05, 0) is 37.3 Å². The van der Waals surface area contributed by atoms with E-state index in [0.717, 1.165) is 11.8 Å². The summed E-state index contributed by atoms with van der Waals surface area (Å²) in [5.41, 5.74) is -0.735. The van der Waals surface area contributed by atoms with Gasteiger partial charge in [0, 0.05) is 30.4 Å². The fourth-order valence-electron chi connectivity index (χ4n) is 5.01. The Kier molecular flexibility index (Phi) is 9.50. The number of esters is 1. The van der Waals surface area contributed by atoms with Crippen molar-refractivity contribution in [1.82, 2.24) is 29.8 Å². The summed E-state index contributed by atoms with van der Waals surface area (Å²) < 4.78 is 35.8. The second-order valence-corrected chi connectivity index (χ2v) is 10.6. The standard InChI is InChI=1S/C28H32F2N8O4.ClH/c1-19(2)26(39)42-18-34-16-32-35(17-34)15-28(41,24-9-4-21(29)14-25(24)30)20(3)36-12-13-37(27(36)40)22-5-7-23(8-6-22)38-11-10-31-33-38;/h4-11,14,16,19-20,41H,12-13,15,17-18H2,1-3H3;1H/t20-,28-;/m1./s1. The lowest BCUT2D eigenvalue weighted by Gasteiger charge is -2.41. The van der Waals surface area contributed by atoms with Crippen LogP contribution in [0.5, 0.6) is 0 Å². The van der Waals surface area contributed by atoms with Crippen molar-refractivity contribution in [3.05, 3.63) is 72.1 Å². The van der Waals surface area contributed by atoms with Crippen LogP contribution in [0.25, 0.3) is 5.69 Å². The van der Waals surface area contributed by atoms with E-state index in [1.165, 1.54) is 22.3 Å². The number of urea groups is 1. The van der Waals surface area contributed by atoms with Crippen LogP contribution in [0.15, 0.2) is 60.0 Å². The maximum absolute atomic E-state index is 15.2. The van der Waals surface area contributed by atoms with Crippen LogP contribution in [0.2, 0.25) is 0 Å². The molecule has 3 heterocycles. The number of β-amino-alcohol motifs (C(OH)–C–C–N with tert-alkyl or cyclic N) is 1. The van der Waals surface area contributed by atoms with E-state index in [1.54, 1.807) is 59.8 Å². The molecule has 2 amide bonds. The number of nitrogens with zero attached hydrogens (tertiary/aromatic N) is 8. The van der Waals surface area contributed by atoms with Gasteiger partial charge in [0.15, 0.2) is 6.73 Å². The second-order valence-electron chi connectivity index (χ2n) is 10.6. The maximum atomic E-state index is 15.2. The van der Waals surface area contributed by atoms with Crippen molar-refractivity contribution in [2.75, 3.05) is 37.9 Å². The zero-order valence-corrected chi connectivity index (χ0v) is 24.7. The molecule has 0 saturated carbocycles. The topological polar surface area (TPSA) is 120 Å². The zero-order chi connectivity index (χ0) is 30.0. The van der Waals surface area contributed by atoms with Gasteiger partial charge in [-0.3, -0.25) is 14.7 Å². The van der Waals surface area contributed by atoms with Gasteiger partial charge in [-0.15, -0.1) is 17.5 Å². The third kappa shape index (κ3) is 6.54. The van der Waals surface area contributed by atoms with Crippen molar-refractivity contribution in [3.8, 4) is 5.69 Å². The first-order chi connectivity index (χ1) is 20.1. The minimum absolute atomic E-state index is 0. The fourth-order valence-corrected chi connectivity index (χ4v) is 5.01. The number of aliphatic hydroxyl groups is 1. The number of aromatic nitrogens is 3. The first-order valence-corrected chi connectivity index (χ1v) is 13.5. The minimum Gasteiger partial charge on any atom is -0.444 e. The Morgan fingerprint density at radius 1 is 1.09 bits per heavy atom. The van der Waals surface area contributed by atoms with E-state index in [1.807, 2.05) is 12.1 Å². The third-order valence-electron chi connectivity index (χ3n) is 7.44. The highest BCUT2D eigenvalue weighted by atomic mass is 35.5. The number of amides is 2. The summed E-state index contributed by atoms with van der Waals surface area (Å²) in [4.78, 5) is 30.1. The molecule has 0 spiro atoms. The Morgan fingerprint density at radius 3 is 2.47 bits per heavy atom. The number of anilines is 1. The average Bonchev–Trinajstić information content (AvgIpc) is 3.73. The Bertz CT molecular complexity index is 1460. The van der Waals surface area contributed by atoms with Crippen molar-refractivity contribution < 1.29 is 28.2 Å². The molecule has 2 aliphatic rings. The first-order valence-electron chi connectivity index (χ1n) is 13.5. The quantitative estimate of drug-likeness (QED) is 0.344. The van der Waals surface area contributed by atoms with E-state index < -0.39 is 23.3 Å². The molecule has 230 valence electrons. The van der Waals surface area contributed by atoms with E-state index in [4.69, 9.17) is 4.74 Å². The van der Waals surface area contributed by atoms with E-state index in [-0.39, 0.29) is 62.4 Å². The molecular formula is C28H33ClF2N8O4. The minimum atomic E-state index is -1.98. The van der Waals surface area contributed by atoms with Crippen LogP contribution in [0.1, 0.15) is 26.3 Å². The normalized spacial score (nSPS) is 17.0. The van der Waals surface area contributed by atoms with Crippen LogP contribution in [0.3, 0.4) is 0 Å². The number of hydrazone groups is 1. The van der Waals surface area contributed by atoms with Gasteiger partial charge in [0.05, 0.1) is 36.6 Å². The summed E-state index contributed by atoms with van der Waals surface area (Å²) in [5.74, 6) is -2.40. The molecule has 15 heteroatoms. The lowest BCUT2D eigenvalue weighted by atomic mass is 9.85. The number of halogens is 3. The van der Waals surface area contributed by atoms with Gasteiger partial charge in [-0.2, -0.15) is 5.10 Å². The van der Waals surface area contributed by atoms with Crippen molar-refractivity contribution >= 4 is 36.4 Å². The van der Waals surface area contributed by atoms with Crippen LogP contribution >= 0.6 is 12.4 Å². The predicted octanol–water partition coefficient (Wildman–Crippen LogP) is 3.16. The maximum Gasteiger partial charge on any atom is 0.324 e. The molecule has 1 saturated heterocycles. The van der Waals surface area contributed by atoms with Crippen LogP contribution in [-0.4, -0.2) is 92.3 Å². The van der Waals surface area contributed by atoms with Gasteiger partial charge in [0.1, 0.15) is 30.2 Å². The van der Waals surface area contributed by atoms with E-state index in [9.17, 15) is 19.1 Å². The molecule has 5 rings (SSSR count). The van der Waals surface area contributed by atoms with E-state index in [2.05, 4.69) is 15.4 Å². The molecule has 2 aliphatic heterocycles. The first kappa shape index (κ1) is 31.6. The van der Waals surface area contributed by atoms with Crippen LogP contribution < -0.4 is 4.90 Å². The third-order valence-corrected chi connectivity index (χ3v) is 7.44. The molecule has 12 nitrogen and oxygen atoms in total. The van der Waals surface area contributed by atoms with Gasteiger partial charge in [-0.1, -0.05) is 25.1 Å². The number of rotatable bonds is 10. The Hall–Kier alpha value is -4.30. The zero-order valence-electron chi connectivity index (χ0n) is 23.9. The monoisotopic (exact) mass is 618 g/mol. The number of ether oxygens (including phenoxy) is 1. The molecule has 2 atom stereocenters. The second kappa shape index (κ2) is 12.9. The highest BCUT2D eigenvalue weighted by molar-refractivity contribution is 5.94. The molecule has 1 fully saturated rings. The molecule has 0 radical (unpaired) electrons. The summed E-state index contributed by atoms with van der Waals surface area (Å²) in [6.07, 6.45) is 4.72. The van der Waals surface area contributed by atoms with Crippen LogP contribution in [0, 0.1) is 17.6 Å². The lowest BCUT2D eigenvalue weighted by molar-refractivity contribution is -0.151. The van der Waals surface area contributed by atoms with Crippen molar-refractivity contribution in [3.63, 3.8) is 0 Å². The number of hydrogen-bond acceptors (Lipinski definition) is 9. The lowest BCUT2D eigenvalue weighted by Crippen LogP contribution is -2.55. The molecule has 0 bridgehead atoms. The van der Waals surface area contributed by atoms with Gasteiger partial charge in [0.2, 0.25) is 0 Å². The van der Waals surface area contributed by atoms with Crippen LogP contribution in [0.4, 0.5) is 19.3 Å². The van der Waals surface area contributed by atoms with Gasteiger partial charge < -0.3 is 19.6 Å². The van der Waals surface area contributed by atoms with Crippen molar-refractivity contribution in [2.24, 2.45) is 11.0 Å². The number of carbonyl (C=O) groups is 2. The summed E-state index contributed by atoms with van der Waals surface area (Å²) in [7, 11) is 0. The molecule has 2 aromatic carbocycles. The fraction of sp³-hybridized carbons (Fsp3) is 0.393. The van der Waals surface area contributed by atoms with Gasteiger partial charge in [0.25, 0.3) is 0 Å². The smallest absolute Gasteiger partial charge is 0.324 e. The highest BCUT2D eigenvalue weighted by Gasteiger charge is 2.47. The van der Waals surface area contributed by atoms with Crippen molar-refractivity contribution in [2.45, 2.75) is 32.4 Å². The van der Waals surface area contributed by atoms with Gasteiger partial charge in [-0.25, -0.2) is 18.3 Å². The number of carbonyl (C=O) groups excluding carboxylic acids is 2. The molecule has 0 aliphatic carbocycles.